The summed E-state index contributed by atoms with van der Waals surface area (Å²) < 4.78 is 5.47. The number of hydrogen-bond donors (Lipinski definition) is 1. The minimum Gasteiger partial charge on any atom is -0.445 e. The Morgan fingerprint density at radius 2 is 2.00 bits per heavy atom. The molecule has 0 bridgehead atoms. The highest BCUT2D eigenvalue weighted by Gasteiger charge is 2.29. The Bertz CT molecular complexity index is 706. The van der Waals surface area contributed by atoms with Crippen molar-refractivity contribution in [2.75, 3.05) is 25.0 Å². The lowest BCUT2D eigenvalue weighted by molar-refractivity contribution is 0.0694. The van der Waals surface area contributed by atoms with Crippen molar-refractivity contribution in [2.45, 2.75) is 26.9 Å². The van der Waals surface area contributed by atoms with E-state index < -0.39 is 0 Å². The lowest BCUT2D eigenvalue weighted by Gasteiger charge is -2.36. The Kier molecular flexibility index (Phi) is 6.04. The maximum atomic E-state index is 12.3. The molecular formula is C20H26N4O2. The fourth-order valence-electron chi connectivity index (χ4n) is 3.20. The number of likely N-dealkylation sites (tertiary alicyclic amines) is 1. The third kappa shape index (κ3) is 4.94. The van der Waals surface area contributed by atoms with Crippen LogP contribution in [0.1, 0.15) is 24.5 Å². The molecule has 1 aromatic heterocycles. The molecule has 6 heteroatoms. The largest absolute Gasteiger partial charge is 0.445 e. The van der Waals surface area contributed by atoms with Crippen LogP contribution in [0.3, 0.4) is 0 Å². The summed E-state index contributed by atoms with van der Waals surface area (Å²) in [4.78, 5) is 22.5. The summed E-state index contributed by atoms with van der Waals surface area (Å²) in [5, 5.41) is 3.28. The molecule has 0 spiro atoms. The van der Waals surface area contributed by atoms with Crippen LogP contribution >= 0.6 is 0 Å². The molecule has 6 nitrogen and oxygen atoms in total. The zero-order valence-corrected chi connectivity index (χ0v) is 15.4. The van der Waals surface area contributed by atoms with Crippen LogP contribution in [0.25, 0.3) is 0 Å². The van der Waals surface area contributed by atoms with E-state index in [0.717, 1.165) is 25.1 Å². The predicted molar refractivity (Wildman–Crippen MR) is 101 cm³/mol. The molecule has 1 aliphatic heterocycles. The highest BCUT2D eigenvalue weighted by molar-refractivity contribution is 5.67. The smallest absolute Gasteiger partial charge is 0.410 e. The highest BCUT2D eigenvalue weighted by Crippen LogP contribution is 2.24. The van der Waals surface area contributed by atoms with Gasteiger partial charge in [-0.25, -0.2) is 14.8 Å². The first-order valence-corrected chi connectivity index (χ1v) is 9.10. The van der Waals surface area contributed by atoms with Crippen LogP contribution in [0.2, 0.25) is 0 Å². The number of carbonyl (C=O) groups is 1. The maximum Gasteiger partial charge on any atom is 0.410 e. The van der Waals surface area contributed by atoms with Crippen molar-refractivity contribution < 1.29 is 9.53 Å². The van der Waals surface area contributed by atoms with Gasteiger partial charge in [0.15, 0.2) is 0 Å². The van der Waals surface area contributed by atoms with E-state index in [0.29, 0.717) is 30.9 Å². The second-order valence-electron chi connectivity index (χ2n) is 6.97. The molecule has 2 atom stereocenters. The molecule has 2 aromatic rings. The molecule has 0 aliphatic carbocycles. The zero-order valence-electron chi connectivity index (χ0n) is 15.4. The number of aryl methyl sites for hydroxylation is 1. The predicted octanol–water partition coefficient (Wildman–Crippen LogP) is 3.49. The van der Waals surface area contributed by atoms with E-state index in [-0.39, 0.29) is 6.09 Å². The topological polar surface area (TPSA) is 67.3 Å². The van der Waals surface area contributed by atoms with Crippen molar-refractivity contribution in [3.05, 3.63) is 53.9 Å². The van der Waals surface area contributed by atoms with E-state index in [1.54, 1.807) is 18.5 Å². The van der Waals surface area contributed by atoms with Crippen LogP contribution in [-0.4, -0.2) is 40.6 Å². The molecule has 3 rings (SSSR count). The molecule has 1 aliphatic rings. The summed E-state index contributed by atoms with van der Waals surface area (Å²) in [5.41, 5.74) is 2.21. The molecule has 1 N–H and O–H groups in total. The van der Waals surface area contributed by atoms with E-state index >= 15 is 0 Å². The summed E-state index contributed by atoms with van der Waals surface area (Å²) in [6, 6.07) is 9.85. The van der Waals surface area contributed by atoms with Gasteiger partial charge in [-0.2, -0.15) is 0 Å². The van der Waals surface area contributed by atoms with E-state index in [1.807, 2.05) is 36.1 Å². The monoisotopic (exact) mass is 354 g/mol. The van der Waals surface area contributed by atoms with Gasteiger partial charge in [0, 0.05) is 32.0 Å². The van der Waals surface area contributed by atoms with Crippen molar-refractivity contribution in [1.29, 1.82) is 0 Å². The van der Waals surface area contributed by atoms with E-state index in [2.05, 4.69) is 22.2 Å². The minimum absolute atomic E-state index is 0.227. The Hall–Kier alpha value is -2.63. The second kappa shape index (κ2) is 8.65. The summed E-state index contributed by atoms with van der Waals surface area (Å²) in [5.74, 6) is 1.53. The van der Waals surface area contributed by atoms with Gasteiger partial charge in [-0.15, -0.1) is 0 Å². The third-order valence-electron chi connectivity index (χ3n) is 4.91. The first-order chi connectivity index (χ1) is 12.6. The number of piperidine rings is 1. The Labute approximate surface area is 154 Å². The van der Waals surface area contributed by atoms with E-state index in [1.165, 1.54) is 5.56 Å². The van der Waals surface area contributed by atoms with E-state index in [4.69, 9.17) is 4.74 Å². The molecule has 26 heavy (non-hydrogen) atoms. The number of anilines is 1. The van der Waals surface area contributed by atoms with Crippen LogP contribution < -0.4 is 5.32 Å². The van der Waals surface area contributed by atoms with Gasteiger partial charge in [-0.05, 0) is 36.8 Å². The van der Waals surface area contributed by atoms with Gasteiger partial charge in [0.2, 0.25) is 5.95 Å². The fraction of sp³-hybridized carbons (Fsp3) is 0.450. The number of hydrogen-bond acceptors (Lipinski definition) is 5. The number of nitrogens with zero attached hydrogens (tertiary/aromatic N) is 3. The quantitative estimate of drug-likeness (QED) is 0.890. The summed E-state index contributed by atoms with van der Waals surface area (Å²) in [6.45, 7) is 6.79. The average Bonchev–Trinajstić information content (AvgIpc) is 2.67. The fourth-order valence-corrected chi connectivity index (χ4v) is 3.20. The third-order valence-corrected chi connectivity index (χ3v) is 4.91. The van der Waals surface area contributed by atoms with Crippen LogP contribution in [0.4, 0.5) is 10.7 Å². The van der Waals surface area contributed by atoms with Crippen LogP contribution in [0, 0.1) is 18.8 Å². The molecule has 0 saturated carbocycles. The normalized spacial score (nSPS) is 19.8. The molecular weight excluding hydrogens is 328 g/mol. The number of nitrogens with one attached hydrogen (secondary N) is 1. The summed E-state index contributed by atoms with van der Waals surface area (Å²) in [6.07, 6.45) is 4.17. The van der Waals surface area contributed by atoms with Crippen molar-refractivity contribution in [1.82, 2.24) is 14.9 Å². The molecule has 2 heterocycles. The molecule has 1 saturated heterocycles. The molecule has 1 fully saturated rings. The number of ether oxygens (including phenoxy) is 1. The first kappa shape index (κ1) is 18.2. The van der Waals surface area contributed by atoms with Crippen molar-refractivity contribution in [3.8, 4) is 0 Å². The summed E-state index contributed by atoms with van der Waals surface area (Å²) >= 11 is 0. The Balaban J connectivity index is 1.43. The van der Waals surface area contributed by atoms with E-state index in [9.17, 15) is 4.79 Å². The number of amides is 1. The minimum atomic E-state index is -0.227. The van der Waals surface area contributed by atoms with Crippen LogP contribution in [0.5, 0.6) is 0 Å². The number of carbonyl (C=O) groups excluding carboxylic acids is 1. The van der Waals surface area contributed by atoms with Crippen LogP contribution in [0.15, 0.2) is 42.7 Å². The molecule has 1 amide bonds. The lowest BCUT2D eigenvalue weighted by atomic mass is 9.87. The van der Waals surface area contributed by atoms with Crippen molar-refractivity contribution >= 4 is 12.0 Å². The van der Waals surface area contributed by atoms with Crippen molar-refractivity contribution in [2.24, 2.45) is 11.8 Å². The zero-order chi connectivity index (χ0) is 18.4. The van der Waals surface area contributed by atoms with Gasteiger partial charge in [0.1, 0.15) is 6.61 Å². The van der Waals surface area contributed by atoms with Crippen molar-refractivity contribution in [3.63, 3.8) is 0 Å². The van der Waals surface area contributed by atoms with Gasteiger partial charge < -0.3 is 15.0 Å². The molecule has 0 radical (unpaired) electrons. The van der Waals surface area contributed by atoms with Gasteiger partial charge in [0.25, 0.3) is 0 Å². The lowest BCUT2D eigenvalue weighted by Crippen LogP contribution is -2.44. The van der Waals surface area contributed by atoms with Gasteiger partial charge in [-0.3, -0.25) is 0 Å². The number of rotatable bonds is 5. The number of aromatic nitrogens is 2. The van der Waals surface area contributed by atoms with Gasteiger partial charge in [0.05, 0.1) is 0 Å². The molecule has 0 unspecified atom stereocenters. The van der Waals surface area contributed by atoms with Crippen LogP contribution in [-0.2, 0) is 11.3 Å². The molecule has 138 valence electrons. The van der Waals surface area contributed by atoms with Gasteiger partial charge >= 0.3 is 6.09 Å². The first-order valence-electron chi connectivity index (χ1n) is 9.10. The molecule has 1 aromatic carbocycles. The maximum absolute atomic E-state index is 12.3. The average molecular weight is 354 g/mol. The van der Waals surface area contributed by atoms with Gasteiger partial charge in [-0.1, -0.05) is 36.8 Å². The second-order valence-corrected chi connectivity index (χ2v) is 6.97. The Morgan fingerprint density at radius 3 is 2.69 bits per heavy atom. The summed E-state index contributed by atoms with van der Waals surface area (Å²) in [7, 11) is 0. The highest BCUT2D eigenvalue weighted by atomic mass is 16.6. The Morgan fingerprint density at radius 1 is 1.27 bits per heavy atom. The number of benzene rings is 1. The SMILES string of the molecule is Cc1ccc(COC(=O)N2CC[C@H](CNc3ncccn3)[C@H](C)C2)cc1. The standard InChI is InChI=1S/C20H26N4O2/c1-15-4-6-17(7-5-15)14-26-20(25)24-11-8-18(16(2)13-24)12-23-19-21-9-3-10-22-19/h3-7,9-10,16,18H,8,11-14H2,1-2H3,(H,21,22,23)/t16-,18-/m1/s1.